The molecule has 1 aliphatic carbocycles. The normalized spacial score (nSPS) is 21.0. The Morgan fingerprint density at radius 3 is 2.82 bits per heavy atom. The van der Waals surface area contributed by atoms with Crippen molar-refractivity contribution in [2.75, 3.05) is 18.5 Å². The summed E-state index contributed by atoms with van der Waals surface area (Å²) in [5.41, 5.74) is 2.93. The molecule has 2 aromatic rings. The first-order valence-electron chi connectivity index (χ1n) is 7.89. The second-order valence-corrected chi connectivity index (χ2v) is 5.87. The van der Waals surface area contributed by atoms with E-state index in [9.17, 15) is 0 Å². The van der Waals surface area contributed by atoms with Crippen LogP contribution in [-0.4, -0.2) is 39.2 Å². The lowest BCUT2D eigenvalue weighted by Gasteiger charge is -2.13. The first-order valence-corrected chi connectivity index (χ1v) is 7.89. The molecule has 3 heterocycles. The van der Waals surface area contributed by atoms with E-state index in [1.807, 2.05) is 6.20 Å². The molecule has 0 amide bonds. The van der Waals surface area contributed by atoms with Gasteiger partial charge in [-0.25, -0.2) is 9.97 Å². The van der Waals surface area contributed by atoms with Crippen molar-refractivity contribution in [1.29, 1.82) is 0 Å². The summed E-state index contributed by atoms with van der Waals surface area (Å²) in [7, 11) is 0. The fourth-order valence-electron chi connectivity index (χ4n) is 2.79. The summed E-state index contributed by atoms with van der Waals surface area (Å²) in [6.45, 7) is 1.64. The summed E-state index contributed by atoms with van der Waals surface area (Å²) in [5, 5.41) is 3.31. The van der Waals surface area contributed by atoms with Crippen molar-refractivity contribution >= 4 is 5.95 Å². The molecule has 1 N–H and O–H groups in total. The van der Waals surface area contributed by atoms with Gasteiger partial charge in [-0.05, 0) is 25.7 Å². The molecule has 2 fully saturated rings. The molecule has 1 saturated heterocycles. The number of anilines is 1. The van der Waals surface area contributed by atoms with Crippen LogP contribution in [-0.2, 0) is 4.74 Å². The minimum absolute atomic E-state index is 0.285. The Morgan fingerprint density at radius 2 is 2.09 bits per heavy atom. The van der Waals surface area contributed by atoms with Gasteiger partial charge < -0.3 is 10.1 Å². The Morgan fingerprint density at radius 1 is 1.14 bits per heavy atom. The number of ether oxygens (including phenoxy) is 1. The van der Waals surface area contributed by atoms with Gasteiger partial charge in [0.05, 0.1) is 23.7 Å². The number of nitrogens with zero attached hydrogens (tertiary/aromatic N) is 4. The monoisotopic (exact) mass is 297 g/mol. The van der Waals surface area contributed by atoms with Gasteiger partial charge in [-0.3, -0.25) is 9.97 Å². The van der Waals surface area contributed by atoms with Gasteiger partial charge in [-0.1, -0.05) is 0 Å². The molecular formula is C16H19N5O. The number of hydrogen-bond acceptors (Lipinski definition) is 6. The van der Waals surface area contributed by atoms with Crippen molar-refractivity contribution in [3.05, 3.63) is 30.5 Å². The van der Waals surface area contributed by atoms with Crippen LogP contribution in [0.2, 0.25) is 0 Å². The quantitative estimate of drug-likeness (QED) is 0.913. The standard InChI is InChI=1S/C16H19N5O/c1-2-12(22-7-1)8-19-16-20-9-13(14-10-17-5-6-18-14)15(21-16)11-3-4-11/h5-6,9-12H,1-4,7-8H2,(H,19,20,21)/t12-/m0/s1. The molecule has 0 bridgehead atoms. The zero-order valence-electron chi connectivity index (χ0n) is 12.4. The molecule has 2 aliphatic rings. The average Bonchev–Trinajstić information content (AvgIpc) is 3.29. The highest BCUT2D eigenvalue weighted by Gasteiger charge is 2.29. The highest BCUT2D eigenvalue weighted by molar-refractivity contribution is 5.62. The van der Waals surface area contributed by atoms with Crippen molar-refractivity contribution in [2.24, 2.45) is 0 Å². The molecule has 0 radical (unpaired) electrons. The van der Waals surface area contributed by atoms with Gasteiger partial charge in [0.15, 0.2) is 0 Å². The van der Waals surface area contributed by atoms with Gasteiger partial charge in [-0.15, -0.1) is 0 Å². The molecule has 22 heavy (non-hydrogen) atoms. The molecule has 2 aromatic heterocycles. The maximum atomic E-state index is 5.62. The fourth-order valence-corrected chi connectivity index (χ4v) is 2.79. The second kappa shape index (κ2) is 5.96. The molecule has 0 aromatic carbocycles. The first kappa shape index (κ1) is 13.6. The van der Waals surface area contributed by atoms with Crippen LogP contribution in [0.15, 0.2) is 24.8 Å². The largest absolute Gasteiger partial charge is 0.376 e. The number of hydrogen-bond donors (Lipinski definition) is 1. The van der Waals surface area contributed by atoms with E-state index in [0.29, 0.717) is 11.9 Å². The third-order valence-corrected chi connectivity index (χ3v) is 4.13. The Balaban J connectivity index is 1.56. The second-order valence-electron chi connectivity index (χ2n) is 5.87. The van der Waals surface area contributed by atoms with Crippen molar-refractivity contribution in [1.82, 2.24) is 19.9 Å². The predicted octanol–water partition coefficient (Wildman–Crippen LogP) is 2.40. The maximum Gasteiger partial charge on any atom is 0.222 e. The van der Waals surface area contributed by atoms with Gasteiger partial charge >= 0.3 is 0 Å². The van der Waals surface area contributed by atoms with E-state index >= 15 is 0 Å². The van der Waals surface area contributed by atoms with Crippen LogP contribution in [0.1, 0.15) is 37.3 Å². The molecule has 1 saturated carbocycles. The molecule has 114 valence electrons. The third-order valence-electron chi connectivity index (χ3n) is 4.13. The van der Waals surface area contributed by atoms with Crippen molar-refractivity contribution in [3.63, 3.8) is 0 Å². The van der Waals surface area contributed by atoms with Crippen LogP contribution >= 0.6 is 0 Å². The number of nitrogens with one attached hydrogen (secondary N) is 1. The van der Waals surface area contributed by atoms with E-state index in [1.165, 1.54) is 12.8 Å². The van der Waals surface area contributed by atoms with Crippen LogP contribution in [0, 0.1) is 0 Å². The van der Waals surface area contributed by atoms with E-state index in [4.69, 9.17) is 9.72 Å². The van der Waals surface area contributed by atoms with E-state index < -0.39 is 0 Å². The van der Waals surface area contributed by atoms with Crippen molar-refractivity contribution in [3.8, 4) is 11.3 Å². The summed E-state index contributed by atoms with van der Waals surface area (Å²) < 4.78 is 5.62. The highest BCUT2D eigenvalue weighted by atomic mass is 16.5. The predicted molar refractivity (Wildman–Crippen MR) is 82.5 cm³/mol. The van der Waals surface area contributed by atoms with E-state index in [1.54, 1.807) is 18.6 Å². The van der Waals surface area contributed by atoms with Crippen molar-refractivity contribution in [2.45, 2.75) is 37.7 Å². The molecular weight excluding hydrogens is 278 g/mol. The molecule has 6 heteroatoms. The SMILES string of the molecule is c1cnc(-c2cnc(NC[C@@H]3CCCO3)nc2C2CC2)cn1. The van der Waals surface area contributed by atoms with Crippen LogP contribution in [0.5, 0.6) is 0 Å². The minimum Gasteiger partial charge on any atom is -0.376 e. The maximum absolute atomic E-state index is 5.62. The minimum atomic E-state index is 0.285. The molecule has 6 nitrogen and oxygen atoms in total. The highest BCUT2D eigenvalue weighted by Crippen LogP contribution is 2.43. The summed E-state index contributed by atoms with van der Waals surface area (Å²) in [4.78, 5) is 17.7. The van der Waals surface area contributed by atoms with Gasteiger partial charge in [0.25, 0.3) is 0 Å². The zero-order chi connectivity index (χ0) is 14.8. The number of aromatic nitrogens is 4. The van der Waals surface area contributed by atoms with Crippen molar-refractivity contribution < 1.29 is 4.74 Å². The Bertz CT molecular complexity index is 638. The fraction of sp³-hybridized carbons (Fsp3) is 0.500. The van der Waals surface area contributed by atoms with Crippen LogP contribution in [0.4, 0.5) is 5.95 Å². The van der Waals surface area contributed by atoms with E-state index in [-0.39, 0.29) is 6.10 Å². The average molecular weight is 297 g/mol. The van der Waals surface area contributed by atoms with Gasteiger partial charge in [0, 0.05) is 43.2 Å². The topological polar surface area (TPSA) is 72.8 Å². The van der Waals surface area contributed by atoms with Gasteiger partial charge in [-0.2, -0.15) is 0 Å². The van der Waals surface area contributed by atoms with Crippen LogP contribution < -0.4 is 5.32 Å². The molecule has 1 aliphatic heterocycles. The van der Waals surface area contributed by atoms with Gasteiger partial charge in [0.1, 0.15) is 0 Å². The van der Waals surface area contributed by atoms with E-state index in [2.05, 4.69) is 20.3 Å². The summed E-state index contributed by atoms with van der Waals surface area (Å²) >= 11 is 0. The Hall–Kier alpha value is -2.08. The lowest BCUT2D eigenvalue weighted by Crippen LogP contribution is -2.20. The third kappa shape index (κ3) is 2.92. The molecule has 1 atom stereocenters. The van der Waals surface area contributed by atoms with E-state index in [0.717, 1.165) is 42.9 Å². The smallest absolute Gasteiger partial charge is 0.222 e. The summed E-state index contributed by atoms with van der Waals surface area (Å²) in [6.07, 6.45) is 11.9. The summed E-state index contributed by atoms with van der Waals surface area (Å²) in [5.74, 6) is 1.22. The van der Waals surface area contributed by atoms with Crippen LogP contribution in [0.25, 0.3) is 11.3 Å². The summed E-state index contributed by atoms with van der Waals surface area (Å²) in [6, 6.07) is 0. The van der Waals surface area contributed by atoms with Crippen LogP contribution in [0.3, 0.4) is 0 Å². The number of rotatable bonds is 5. The Kier molecular flexibility index (Phi) is 3.68. The van der Waals surface area contributed by atoms with Gasteiger partial charge in [0.2, 0.25) is 5.95 Å². The molecule has 0 unspecified atom stereocenters. The first-order chi connectivity index (χ1) is 10.9. The lowest BCUT2D eigenvalue weighted by atomic mass is 10.1. The molecule has 0 spiro atoms. The zero-order valence-corrected chi connectivity index (χ0v) is 12.4. The Labute approximate surface area is 129 Å². The lowest BCUT2D eigenvalue weighted by molar-refractivity contribution is 0.120. The molecule has 4 rings (SSSR count).